The molecule has 1 unspecified atom stereocenters. The Labute approximate surface area is 196 Å². The van der Waals surface area contributed by atoms with Crippen molar-refractivity contribution in [2.75, 3.05) is 19.8 Å². The Morgan fingerprint density at radius 1 is 1.15 bits per heavy atom. The number of hydrogen-bond acceptors (Lipinski definition) is 8. The molecule has 2 N–H and O–H groups in total. The first-order valence-electron chi connectivity index (χ1n) is 11.1. The third-order valence-corrected chi connectivity index (χ3v) is 6.41. The highest BCUT2D eigenvalue weighted by molar-refractivity contribution is 5.75. The summed E-state index contributed by atoms with van der Waals surface area (Å²) in [6.07, 6.45) is 8.82. The van der Waals surface area contributed by atoms with Gasteiger partial charge in [0.1, 0.15) is 12.4 Å². The number of carbonyl (C=O) groups excluding carboxylic acids is 1. The van der Waals surface area contributed by atoms with Gasteiger partial charge in [-0.3, -0.25) is 14.5 Å². The second-order valence-corrected chi connectivity index (χ2v) is 9.02. The first kappa shape index (κ1) is 21.7. The Morgan fingerprint density at radius 2 is 1.91 bits per heavy atom. The van der Waals surface area contributed by atoms with Crippen LogP contribution in [0, 0.1) is 5.92 Å². The van der Waals surface area contributed by atoms with E-state index in [1.807, 2.05) is 12.1 Å². The normalized spacial score (nSPS) is 15.1. The maximum atomic E-state index is 12.0. The van der Waals surface area contributed by atoms with Gasteiger partial charge in [-0.2, -0.15) is 10.1 Å². The number of nitrogens with two attached hydrogens (primary N) is 1. The van der Waals surface area contributed by atoms with Crippen LogP contribution in [0.3, 0.4) is 0 Å². The number of aromatic nitrogens is 6. The molecule has 1 atom stereocenters. The van der Waals surface area contributed by atoms with Crippen LogP contribution in [0.5, 0.6) is 0 Å². The highest BCUT2D eigenvalue weighted by atomic mass is 16.5. The molecular weight excluding hydrogens is 432 g/mol. The van der Waals surface area contributed by atoms with Crippen molar-refractivity contribution in [3.63, 3.8) is 0 Å². The van der Waals surface area contributed by atoms with Crippen LogP contribution in [0.15, 0.2) is 53.6 Å². The van der Waals surface area contributed by atoms with Gasteiger partial charge in [0.05, 0.1) is 35.3 Å². The molecule has 0 saturated heterocycles. The lowest BCUT2D eigenvalue weighted by molar-refractivity contribution is -0.129. The van der Waals surface area contributed by atoms with Gasteiger partial charge in [0.2, 0.25) is 5.91 Å². The van der Waals surface area contributed by atoms with Gasteiger partial charge in [-0.05, 0) is 31.2 Å². The van der Waals surface area contributed by atoms with E-state index in [1.165, 1.54) is 4.90 Å². The largest absolute Gasteiger partial charge is 0.382 e. The van der Waals surface area contributed by atoms with Crippen molar-refractivity contribution in [1.29, 1.82) is 0 Å². The summed E-state index contributed by atoms with van der Waals surface area (Å²) in [5.41, 5.74) is 8.78. The minimum atomic E-state index is -0.385. The molecule has 5 rings (SSSR count). The molecular formula is C24H26N8O2. The van der Waals surface area contributed by atoms with Crippen molar-refractivity contribution in [2.24, 2.45) is 5.92 Å². The van der Waals surface area contributed by atoms with E-state index in [4.69, 9.17) is 15.2 Å². The lowest BCUT2D eigenvalue weighted by Crippen LogP contribution is -2.28. The molecule has 0 bridgehead atoms. The van der Waals surface area contributed by atoms with Gasteiger partial charge >= 0.3 is 0 Å². The maximum absolute atomic E-state index is 12.0. The molecule has 1 aliphatic rings. The number of likely N-dealkylation sites (N-methyl/N-ethyl adjacent to an activating group) is 1. The van der Waals surface area contributed by atoms with Crippen molar-refractivity contribution in [3.8, 4) is 22.7 Å². The number of hydrogen-bond donors (Lipinski definition) is 1. The fourth-order valence-corrected chi connectivity index (χ4v) is 4.07. The standard InChI is InChI=1S/C24H26N8O2/c1-24(18-8-9-18,17-6-4-15(5-7-17)19-11-27-20(25)12-26-19)23-29-22(34-30-23)16-10-28-32(13-16)14-21(33)31(2)3/h4-7,10-13,18H,8-9,14H2,1-3H3,(H2,25,27). The molecule has 1 aliphatic carbocycles. The molecule has 1 aromatic carbocycles. The number of rotatable bonds is 7. The number of amides is 1. The molecule has 10 nitrogen and oxygen atoms in total. The fraction of sp³-hybridized carbons (Fsp3) is 0.333. The van der Waals surface area contributed by atoms with Crippen LogP contribution < -0.4 is 5.73 Å². The van der Waals surface area contributed by atoms with E-state index in [0.29, 0.717) is 29.0 Å². The predicted octanol–water partition coefficient (Wildman–Crippen LogP) is 2.78. The van der Waals surface area contributed by atoms with E-state index in [-0.39, 0.29) is 17.9 Å². The summed E-state index contributed by atoms with van der Waals surface area (Å²) in [4.78, 5) is 26.7. The Balaban J connectivity index is 1.41. The summed E-state index contributed by atoms with van der Waals surface area (Å²) < 4.78 is 7.20. The Hall–Kier alpha value is -4.08. The molecule has 4 aromatic rings. The third-order valence-electron chi connectivity index (χ3n) is 6.41. The van der Waals surface area contributed by atoms with Gasteiger partial charge in [0.15, 0.2) is 5.82 Å². The number of nitrogens with zero attached hydrogens (tertiary/aromatic N) is 7. The third kappa shape index (κ3) is 4.02. The first-order valence-corrected chi connectivity index (χ1v) is 11.1. The van der Waals surface area contributed by atoms with Crippen LogP contribution in [0.2, 0.25) is 0 Å². The first-order chi connectivity index (χ1) is 16.3. The van der Waals surface area contributed by atoms with Crippen molar-refractivity contribution >= 4 is 11.7 Å². The van der Waals surface area contributed by atoms with Gasteiger partial charge in [-0.1, -0.05) is 29.4 Å². The van der Waals surface area contributed by atoms with Gasteiger partial charge in [0, 0.05) is 25.9 Å². The SMILES string of the molecule is CN(C)C(=O)Cn1cc(-c2nc(C(C)(c3ccc(-c4cnc(N)cn4)cc3)C3CC3)no2)cn1. The summed E-state index contributed by atoms with van der Waals surface area (Å²) in [5, 5.41) is 8.61. The minimum Gasteiger partial charge on any atom is -0.382 e. The van der Waals surface area contributed by atoms with Gasteiger partial charge < -0.3 is 15.2 Å². The summed E-state index contributed by atoms with van der Waals surface area (Å²) in [6.45, 7) is 2.31. The van der Waals surface area contributed by atoms with E-state index >= 15 is 0 Å². The van der Waals surface area contributed by atoms with Crippen LogP contribution in [-0.4, -0.2) is 54.8 Å². The van der Waals surface area contributed by atoms with Crippen LogP contribution in [-0.2, 0) is 16.8 Å². The average molecular weight is 459 g/mol. The molecule has 3 aromatic heterocycles. The molecule has 34 heavy (non-hydrogen) atoms. The zero-order chi connectivity index (χ0) is 23.9. The molecule has 1 fully saturated rings. The second-order valence-electron chi connectivity index (χ2n) is 9.02. The van der Waals surface area contributed by atoms with Crippen LogP contribution in [0.25, 0.3) is 22.7 Å². The minimum absolute atomic E-state index is 0.0458. The van der Waals surface area contributed by atoms with Gasteiger partial charge in [0.25, 0.3) is 5.89 Å². The second kappa shape index (κ2) is 8.36. The van der Waals surface area contributed by atoms with E-state index in [2.05, 4.69) is 39.3 Å². The molecule has 0 radical (unpaired) electrons. The molecule has 1 saturated carbocycles. The smallest absolute Gasteiger partial charge is 0.261 e. The zero-order valence-electron chi connectivity index (χ0n) is 19.3. The summed E-state index contributed by atoms with van der Waals surface area (Å²) in [7, 11) is 3.43. The maximum Gasteiger partial charge on any atom is 0.261 e. The Morgan fingerprint density at radius 3 is 2.56 bits per heavy atom. The van der Waals surface area contributed by atoms with E-state index < -0.39 is 0 Å². The zero-order valence-corrected chi connectivity index (χ0v) is 19.3. The molecule has 3 heterocycles. The van der Waals surface area contributed by atoms with Crippen molar-refractivity contribution < 1.29 is 9.32 Å². The van der Waals surface area contributed by atoms with Crippen LogP contribution in [0.1, 0.15) is 31.2 Å². The Bertz CT molecular complexity index is 1310. The van der Waals surface area contributed by atoms with Crippen LogP contribution in [0.4, 0.5) is 5.82 Å². The topological polar surface area (TPSA) is 129 Å². The van der Waals surface area contributed by atoms with Crippen molar-refractivity contribution in [3.05, 3.63) is 60.4 Å². The number of anilines is 1. The highest BCUT2D eigenvalue weighted by Gasteiger charge is 2.47. The fourth-order valence-electron chi connectivity index (χ4n) is 4.07. The van der Waals surface area contributed by atoms with E-state index in [9.17, 15) is 4.79 Å². The Kier molecular flexibility index (Phi) is 5.35. The van der Waals surface area contributed by atoms with Gasteiger partial charge in [-0.25, -0.2) is 4.98 Å². The highest BCUT2D eigenvalue weighted by Crippen LogP contribution is 2.50. The predicted molar refractivity (Wildman–Crippen MR) is 125 cm³/mol. The number of carbonyl (C=O) groups is 1. The summed E-state index contributed by atoms with van der Waals surface area (Å²) in [6, 6.07) is 8.24. The van der Waals surface area contributed by atoms with Crippen LogP contribution >= 0.6 is 0 Å². The van der Waals surface area contributed by atoms with Crippen molar-refractivity contribution in [1.82, 2.24) is 34.8 Å². The molecule has 0 aliphatic heterocycles. The average Bonchev–Trinajstić information content (AvgIpc) is 3.39. The van der Waals surface area contributed by atoms with Crippen molar-refractivity contribution in [2.45, 2.75) is 31.7 Å². The number of benzene rings is 1. The quantitative estimate of drug-likeness (QED) is 0.448. The van der Waals surface area contributed by atoms with E-state index in [0.717, 1.165) is 29.7 Å². The monoisotopic (exact) mass is 458 g/mol. The molecule has 1 amide bonds. The number of nitrogen functional groups attached to an aromatic ring is 1. The molecule has 174 valence electrons. The molecule has 10 heteroatoms. The lowest BCUT2D eigenvalue weighted by Gasteiger charge is -2.26. The summed E-state index contributed by atoms with van der Waals surface area (Å²) in [5.74, 6) is 1.81. The lowest BCUT2D eigenvalue weighted by atomic mass is 9.77. The van der Waals surface area contributed by atoms with Gasteiger partial charge in [-0.15, -0.1) is 0 Å². The molecule has 0 spiro atoms. The summed E-state index contributed by atoms with van der Waals surface area (Å²) >= 11 is 0. The van der Waals surface area contributed by atoms with E-state index in [1.54, 1.807) is 43.6 Å².